The van der Waals surface area contributed by atoms with E-state index in [0.717, 1.165) is 5.69 Å². The summed E-state index contributed by atoms with van der Waals surface area (Å²) in [5.41, 5.74) is 7.64. The van der Waals surface area contributed by atoms with Crippen LogP contribution in [0.5, 0.6) is 0 Å². The topological polar surface area (TPSA) is 76.4 Å². The first kappa shape index (κ1) is 13.9. The van der Waals surface area contributed by atoms with E-state index in [2.05, 4.69) is 10.1 Å². The maximum Gasteiger partial charge on any atom is 0.221 e. The number of anilines is 1. The van der Waals surface area contributed by atoms with Crippen LogP contribution in [-0.4, -0.2) is 21.0 Å². The summed E-state index contributed by atoms with van der Waals surface area (Å²) in [6.45, 7) is 1.70. The molecule has 0 radical (unpaired) electrons. The highest BCUT2D eigenvalue weighted by molar-refractivity contribution is 6.38. The summed E-state index contributed by atoms with van der Waals surface area (Å²) >= 11 is 12.2. The van der Waals surface area contributed by atoms with Gasteiger partial charge in [0.25, 0.3) is 0 Å². The van der Waals surface area contributed by atoms with Crippen LogP contribution in [0.2, 0.25) is 10.0 Å². The molecule has 5 nitrogen and oxygen atoms in total. The van der Waals surface area contributed by atoms with Gasteiger partial charge >= 0.3 is 0 Å². The van der Waals surface area contributed by atoms with Crippen molar-refractivity contribution < 1.29 is 5.11 Å². The average Bonchev–Trinajstić information content (AvgIpc) is 2.66. The van der Waals surface area contributed by atoms with E-state index >= 15 is 0 Å². The number of aliphatic hydroxyl groups excluding tert-OH is 1. The van der Waals surface area contributed by atoms with Crippen LogP contribution in [0.1, 0.15) is 16.8 Å². The number of hydrogen-bond donors (Lipinski definition) is 2. The Kier molecular flexibility index (Phi) is 4.09. The summed E-state index contributed by atoms with van der Waals surface area (Å²) in [7, 11) is 0. The predicted octanol–water partition coefficient (Wildman–Crippen LogP) is 2.46. The number of rotatable bonds is 3. The van der Waals surface area contributed by atoms with Crippen molar-refractivity contribution >= 4 is 35.4 Å². The summed E-state index contributed by atoms with van der Waals surface area (Å²) < 4.78 is 1.43. The Morgan fingerprint density at radius 3 is 2.53 bits per heavy atom. The van der Waals surface area contributed by atoms with Crippen LogP contribution in [0.3, 0.4) is 0 Å². The molecule has 0 bridgehead atoms. The lowest BCUT2D eigenvalue weighted by Crippen LogP contribution is -1.98. The molecule has 2 rings (SSSR count). The van der Waals surface area contributed by atoms with Crippen LogP contribution < -0.4 is 5.73 Å². The minimum absolute atomic E-state index is 0.121. The number of nitrogens with zero attached hydrogens (tertiary/aromatic N) is 3. The van der Waals surface area contributed by atoms with E-state index in [0.29, 0.717) is 21.2 Å². The van der Waals surface area contributed by atoms with Crippen LogP contribution in [0.25, 0.3) is 0 Å². The molecule has 0 saturated heterocycles. The summed E-state index contributed by atoms with van der Waals surface area (Å²) in [6, 6.07) is 3.27. The maximum atomic E-state index is 9.04. The molecular weight excluding hydrogens is 287 g/mol. The Bertz CT molecular complexity index is 614. The maximum absolute atomic E-state index is 9.04. The van der Waals surface area contributed by atoms with Crippen LogP contribution in [0.4, 0.5) is 5.95 Å². The predicted molar refractivity (Wildman–Crippen MR) is 76.8 cm³/mol. The smallest absolute Gasteiger partial charge is 0.221 e. The van der Waals surface area contributed by atoms with Gasteiger partial charge in [-0.25, -0.2) is 9.66 Å². The molecule has 0 aliphatic carbocycles. The zero-order chi connectivity index (χ0) is 14.0. The van der Waals surface area contributed by atoms with E-state index in [4.69, 9.17) is 34.0 Å². The Labute approximate surface area is 120 Å². The molecule has 0 atom stereocenters. The van der Waals surface area contributed by atoms with Crippen molar-refractivity contribution in [2.75, 3.05) is 5.73 Å². The number of nitrogens with two attached hydrogens (primary N) is 1. The van der Waals surface area contributed by atoms with Crippen molar-refractivity contribution in [3.63, 3.8) is 0 Å². The summed E-state index contributed by atoms with van der Waals surface area (Å²) in [6.07, 6.45) is 3.19. The zero-order valence-corrected chi connectivity index (χ0v) is 11.7. The van der Waals surface area contributed by atoms with Gasteiger partial charge in [0, 0.05) is 5.56 Å². The van der Waals surface area contributed by atoms with E-state index < -0.39 is 0 Å². The Hall–Kier alpha value is -1.56. The summed E-state index contributed by atoms with van der Waals surface area (Å²) in [5.74, 6) is 0.285. The number of halogens is 2. The molecule has 0 amide bonds. The first-order valence-electron chi connectivity index (χ1n) is 5.46. The van der Waals surface area contributed by atoms with Crippen LogP contribution in [0, 0.1) is 6.92 Å². The molecule has 0 saturated carbocycles. The van der Waals surface area contributed by atoms with E-state index in [-0.39, 0.29) is 12.6 Å². The molecule has 7 heteroatoms. The normalized spacial score (nSPS) is 11.4. The number of aliphatic hydroxyl groups is 1. The molecule has 0 spiro atoms. The third kappa shape index (κ3) is 3.07. The third-order valence-corrected chi connectivity index (χ3v) is 3.09. The van der Waals surface area contributed by atoms with Crippen molar-refractivity contribution in [2.45, 2.75) is 13.5 Å². The number of aromatic nitrogens is 2. The minimum atomic E-state index is -0.121. The number of imidazole rings is 1. The SMILES string of the molecule is Cc1cn(N=Cc2c(Cl)cc(CO)cc2Cl)c(N)n1. The van der Waals surface area contributed by atoms with Crippen molar-refractivity contribution in [3.8, 4) is 0 Å². The van der Waals surface area contributed by atoms with Crippen molar-refractivity contribution in [2.24, 2.45) is 5.10 Å². The van der Waals surface area contributed by atoms with Crippen molar-refractivity contribution in [1.82, 2.24) is 9.66 Å². The van der Waals surface area contributed by atoms with Crippen LogP contribution in [-0.2, 0) is 6.61 Å². The molecule has 1 aromatic carbocycles. The van der Waals surface area contributed by atoms with Gasteiger partial charge in [0.15, 0.2) is 0 Å². The third-order valence-electron chi connectivity index (χ3n) is 2.47. The molecule has 0 fully saturated rings. The van der Waals surface area contributed by atoms with Gasteiger partial charge in [0.1, 0.15) is 0 Å². The second-order valence-electron chi connectivity index (χ2n) is 3.96. The van der Waals surface area contributed by atoms with Gasteiger partial charge in [-0.3, -0.25) is 0 Å². The second-order valence-corrected chi connectivity index (χ2v) is 4.78. The number of benzene rings is 1. The monoisotopic (exact) mass is 298 g/mol. The van der Waals surface area contributed by atoms with Gasteiger partial charge in [0.05, 0.1) is 34.8 Å². The van der Waals surface area contributed by atoms with Gasteiger partial charge < -0.3 is 10.8 Å². The van der Waals surface area contributed by atoms with Gasteiger partial charge in [-0.1, -0.05) is 23.2 Å². The van der Waals surface area contributed by atoms with E-state index in [1.165, 1.54) is 10.9 Å². The molecule has 0 unspecified atom stereocenters. The van der Waals surface area contributed by atoms with Crippen molar-refractivity contribution in [1.29, 1.82) is 0 Å². The number of hydrogen-bond acceptors (Lipinski definition) is 4. The summed E-state index contributed by atoms with van der Waals surface area (Å²) in [4.78, 5) is 4.02. The van der Waals surface area contributed by atoms with Gasteiger partial charge in [0.2, 0.25) is 5.95 Å². The van der Waals surface area contributed by atoms with Gasteiger partial charge in [-0.05, 0) is 24.6 Å². The average molecular weight is 299 g/mol. The van der Waals surface area contributed by atoms with Crippen LogP contribution in [0.15, 0.2) is 23.4 Å². The minimum Gasteiger partial charge on any atom is -0.392 e. The van der Waals surface area contributed by atoms with Gasteiger partial charge in [-0.15, -0.1) is 0 Å². The number of aryl methyl sites for hydroxylation is 1. The quantitative estimate of drug-likeness (QED) is 0.855. The fourth-order valence-electron chi connectivity index (χ4n) is 1.57. The molecule has 2 aromatic rings. The van der Waals surface area contributed by atoms with E-state index in [1.54, 1.807) is 18.3 Å². The highest BCUT2D eigenvalue weighted by atomic mass is 35.5. The lowest BCUT2D eigenvalue weighted by molar-refractivity contribution is 0.282. The fraction of sp³-hybridized carbons (Fsp3) is 0.167. The lowest BCUT2D eigenvalue weighted by atomic mass is 10.1. The molecule has 1 heterocycles. The fourth-order valence-corrected chi connectivity index (χ4v) is 2.20. The van der Waals surface area contributed by atoms with Gasteiger partial charge in [-0.2, -0.15) is 5.10 Å². The molecule has 0 aliphatic rings. The largest absolute Gasteiger partial charge is 0.392 e. The molecule has 0 aliphatic heterocycles. The van der Waals surface area contributed by atoms with E-state index in [9.17, 15) is 0 Å². The Balaban J connectivity index is 2.36. The van der Waals surface area contributed by atoms with Crippen molar-refractivity contribution in [3.05, 3.63) is 45.2 Å². The first-order valence-corrected chi connectivity index (χ1v) is 6.21. The standard InChI is InChI=1S/C12H12Cl2N4O/c1-7-5-18(12(15)17-7)16-4-9-10(13)2-8(6-19)3-11(9)14/h2-5,19H,6H2,1H3,(H2,15,17). The van der Waals surface area contributed by atoms with E-state index in [1.807, 2.05) is 6.92 Å². The Morgan fingerprint density at radius 1 is 1.42 bits per heavy atom. The molecular formula is C12H12Cl2N4O. The first-order chi connectivity index (χ1) is 9.01. The zero-order valence-electron chi connectivity index (χ0n) is 10.1. The lowest BCUT2D eigenvalue weighted by Gasteiger charge is -2.04. The highest BCUT2D eigenvalue weighted by Gasteiger charge is 2.07. The molecule has 100 valence electrons. The highest BCUT2D eigenvalue weighted by Crippen LogP contribution is 2.25. The Morgan fingerprint density at radius 2 is 2.05 bits per heavy atom. The molecule has 1 aromatic heterocycles. The summed E-state index contributed by atoms with van der Waals surface area (Å²) in [5, 5.41) is 14.0. The molecule has 19 heavy (non-hydrogen) atoms. The number of nitrogen functional groups attached to an aromatic ring is 1. The molecule has 3 N–H and O–H groups in total. The second kappa shape index (κ2) is 5.61. The van der Waals surface area contributed by atoms with Crippen LogP contribution >= 0.6 is 23.2 Å².